The smallest absolute Gasteiger partial charge is 0.257 e. The molecule has 0 fully saturated rings. The number of fused-ring (bicyclic) bond motifs is 4. The Labute approximate surface area is 263 Å². The highest BCUT2D eigenvalue weighted by Crippen LogP contribution is 2.39. The van der Waals surface area contributed by atoms with Crippen LogP contribution in [0.5, 0.6) is 34.5 Å². The first kappa shape index (κ1) is 27.2. The number of carbonyl (C=O) groups is 2. The zero-order chi connectivity index (χ0) is 30.3. The molecule has 2 aliphatic heterocycles. The van der Waals surface area contributed by atoms with Gasteiger partial charge >= 0.3 is 0 Å². The molecule has 8 rings (SSSR count). The lowest BCUT2D eigenvalue weighted by molar-refractivity contribution is 0.101. The maximum Gasteiger partial charge on any atom is 0.257 e. The molecule has 6 aromatic rings. The minimum absolute atomic E-state index is 0.289. The summed E-state index contributed by atoms with van der Waals surface area (Å²) >= 11 is 2.73. The van der Waals surface area contributed by atoms with Crippen LogP contribution in [0.3, 0.4) is 0 Å². The molecule has 0 unspecified atom stereocenters. The lowest BCUT2D eigenvalue weighted by Crippen LogP contribution is -2.15. The number of ether oxygens (including phenoxy) is 5. The molecule has 2 amide bonds. The van der Waals surface area contributed by atoms with E-state index in [0.29, 0.717) is 82.3 Å². The quantitative estimate of drug-likeness (QED) is 0.204. The molecule has 0 bridgehead atoms. The number of benzene rings is 4. The van der Waals surface area contributed by atoms with Gasteiger partial charge in [-0.1, -0.05) is 22.7 Å². The van der Waals surface area contributed by atoms with Crippen LogP contribution in [0.2, 0.25) is 0 Å². The molecule has 0 saturated heterocycles. The van der Waals surface area contributed by atoms with Crippen LogP contribution in [0.4, 0.5) is 10.3 Å². The third-order valence-corrected chi connectivity index (χ3v) is 8.88. The number of nitrogens with zero attached hydrogens (tertiary/aromatic N) is 2. The fourth-order valence-corrected chi connectivity index (χ4v) is 6.60. The largest absolute Gasteiger partial charge is 0.486 e. The lowest BCUT2D eigenvalue weighted by atomic mass is 10.2. The molecular formula is C32H22N4O7S2. The van der Waals surface area contributed by atoms with Gasteiger partial charge in [-0.15, -0.1) is 0 Å². The van der Waals surface area contributed by atoms with Crippen LogP contribution in [-0.4, -0.2) is 48.2 Å². The summed E-state index contributed by atoms with van der Waals surface area (Å²) in [5.74, 6) is 3.17. The number of anilines is 2. The molecule has 0 aliphatic carbocycles. The van der Waals surface area contributed by atoms with Crippen LogP contribution in [0.25, 0.3) is 20.4 Å². The van der Waals surface area contributed by atoms with Gasteiger partial charge in [0, 0.05) is 35.4 Å². The molecule has 0 atom stereocenters. The summed E-state index contributed by atoms with van der Waals surface area (Å²) in [6.07, 6.45) is 0. The van der Waals surface area contributed by atoms with Gasteiger partial charge in [-0.25, -0.2) is 9.97 Å². The number of nitrogens with one attached hydrogen (secondary N) is 2. The van der Waals surface area contributed by atoms with Crippen LogP contribution < -0.4 is 34.3 Å². The van der Waals surface area contributed by atoms with Gasteiger partial charge in [-0.05, 0) is 48.5 Å². The summed E-state index contributed by atoms with van der Waals surface area (Å²) in [5, 5.41) is 6.67. The van der Waals surface area contributed by atoms with Gasteiger partial charge in [0.2, 0.25) is 0 Å². The molecule has 0 spiro atoms. The van der Waals surface area contributed by atoms with E-state index in [-0.39, 0.29) is 11.8 Å². The molecule has 2 aromatic heterocycles. The maximum absolute atomic E-state index is 12.9. The van der Waals surface area contributed by atoms with Crippen molar-refractivity contribution in [3.8, 4) is 34.5 Å². The van der Waals surface area contributed by atoms with Crippen LogP contribution in [0.1, 0.15) is 20.7 Å². The average molecular weight is 639 g/mol. The molecule has 4 aromatic carbocycles. The van der Waals surface area contributed by atoms with Crippen molar-refractivity contribution in [3.05, 3.63) is 83.9 Å². The summed E-state index contributed by atoms with van der Waals surface area (Å²) in [6, 6.07) is 20.9. The first-order valence-electron chi connectivity index (χ1n) is 14.0. The topological polar surface area (TPSA) is 130 Å². The number of amides is 2. The zero-order valence-corrected chi connectivity index (χ0v) is 25.0. The predicted molar refractivity (Wildman–Crippen MR) is 170 cm³/mol. The van der Waals surface area contributed by atoms with E-state index in [0.717, 1.165) is 20.4 Å². The number of carbonyl (C=O) groups excluding carboxylic acids is 2. The molecule has 2 N–H and O–H groups in total. The second-order valence-electron chi connectivity index (χ2n) is 10.0. The van der Waals surface area contributed by atoms with Gasteiger partial charge in [-0.3, -0.25) is 20.2 Å². The summed E-state index contributed by atoms with van der Waals surface area (Å²) in [7, 11) is 0. The van der Waals surface area contributed by atoms with Crippen LogP contribution in [0.15, 0.2) is 72.8 Å². The van der Waals surface area contributed by atoms with Crippen molar-refractivity contribution < 1.29 is 33.3 Å². The van der Waals surface area contributed by atoms with Gasteiger partial charge in [0.25, 0.3) is 11.8 Å². The monoisotopic (exact) mass is 638 g/mol. The first-order chi connectivity index (χ1) is 22.0. The van der Waals surface area contributed by atoms with Gasteiger partial charge in [0.1, 0.15) is 37.9 Å². The highest BCUT2D eigenvalue weighted by Gasteiger charge is 2.18. The highest BCUT2D eigenvalue weighted by molar-refractivity contribution is 7.22. The Bertz CT molecular complexity index is 1860. The Morgan fingerprint density at radius 1 is 0.578 bits per heavy atom. The molecule has 2 aliphatic rings. The van der Waals surface area contributed by atoms with Gasteiger partial charge < -0.3 is 23.7 Å². The molecule has 0 saturated carbocycles. The Morgan fingerprint density at radius 3 is 1.36 bits per heavy atom. The Balaban J connectivity index is 0.887. The highest BCUT2D eigenvalue weighted by atomic mass is 32.1. The van der Waals surface area contributed by atoms with E-state index in [2.05, 4.69) is 20.6 Å². The lowest BCUT2D eigenvalue weighted by Gasteiger charge is -2.17. The van der Waals surface area contributed by atoms with Crippen molar-refractivity contribution in [2.75, 3.05) is 37.1 Å². The molecule has 4 heterocycles. The van der Waals surface area contributed by atoms with E-state index in [1.54, 1.807) is 48.5 Å². The first-order valence-corrected chi connectivity index (χ1v) is 15.6. The van der Waals surface area contributed by atoms with Crippen molar-refractivity contribution in [1.29, 1.82) is 0 Å². The van der Waals surface area contributed by atoms with Gasteiger partial charge in [-0.2, -0.15) is 0 Å². The van der Waals surface area contributed by atoms with Crippen molar-refractivity contribution >= 4 is 65.2 Å². The van der Waals surface area contributed by atoms with Crippen molar-refractivity contribution in [2.45, 2.75) is 0 Å². The van der Waals surface area contributed by atoms with Crippen LogP contribution >= 0.6 is 22.7 Å². The average Bonchev–Trinajstić information content (AvgIpc) is 3.64. The molecule has 13 heteroatoms. The Morgan fingerprint density at radius 2 is 0.956 bits per heavy atom. The third kappa shape index (κ3) is 5.54. The number of hydrogen-bond acceptors (Lipinski definition) is 11. The second kappa shape index (κ2) is 11.3. The minimum atomic E-state index is -0.289. The van der Waals surface area contributed by atoms with Crippen molar-refractivity contribution in [3.63, 3.8) is 0 Å². The molecule has 45 heavy (non-hydrogen) atoms. The number of hydrogen-bond donors (Lipinski definition) is 2. The summed E-state index contributed by atoms with van der Waals surface area (Å²) in [4.78, 5) is 34.8. The van der Waals surface area contributed by atoms with E-state index in [1.807, 2.05) is 24.3 Å². The van der Waals surface area contributed by atoms with Crippen LogP contribution in [0, 0.1) is 0 Å². The van der Waals surface area contributed by atoms with E-state index in [4.69, 9.17) is 23.7 Å². The van der Waals surface area contributed by atoms with Crippen LogP contribution in [-0.2, 0) is 0 Å². The van der Waals surface area contributed by atoms with E-state index < -0.39 is 0 Å². The fraction of sp³-hybridized carbons (Fsp3) is 0.125. The molecule has 224 valence electrons. The number of thiazole rings is 2. The minimum Gasteiger partial charge on any atom is -0.486 e. The number of aromatic nitrogens is 2. The van der Waals surface area contributed by atoms with Gasteiger partial charge in [0.15, 0.2) is 33.3 Å². The van der Waals surface area contributed by atoms with Crippen molar-refractivity contribution in [2.24, 2.45) is 0 Å². The van der Waals surface area contributed by atoms with Gasteiger partial charge in [0.05, 0.1) is 20.4 Å². The Kier molecular flexibility index (Phi) is 6.80. The fourth-order valence-electron chi connectivity index (χ4n) is 4.86. The predicted octanol–water partition coefficient (Wildman–Crippen LogP) is 6.75. The summed E-state index contributed by atoms with van der Waals surface area (Å²) < 4.78 is 30.2. The second-order valence-corrected chi connectivity index (χ2v) is 12.1. The Hall–Kier alpha value is -5.40. The summed E-state index contributed by atoms with van der Waals surface area (Å²) in [5.41, 5.74) is 2.37. The van der Waals surface area contributed by atoms with E-state index in [1.165, 1.54) is 22.7 Å². The third-order valence-electron chi connectivity index (χ3n) is 7.01. The molecule has 0 radical (unpaired) electrons. The number of rotatable bonds is 6. The summed E-state index contributed by atoms with van der Waals surface area (Å²) in [6.45, 7) is 2.00. The van der Waals surface area contributed by atoms with E-state index in [9.17, 15) is 9.59 Å². The van der Waals surface area contributed by atoms with Crippen molar-refractivity contribution in [1.82, 2.24) is 9.97 Å². The maximum atomic E-state index is 12.9. The standard InChI is InChI=1S/C32H22N4O7S2/c37-29(35-31-33-21-13-23-25(15-27(21)44-31)41-11-9-39-23)17-1-5-19(6-2-17)43-20-7-3-18(4-8-20)30(38)36-32-34-22-14-24-26(16-28(22)45-32)42-12-10-40-24/h1-8,13-16H,9-12H2,(H,33,35,37)(H,34,36,38). The zero-order valence-electron chi connectivity index (χ0n) is 23.3. The molecular weight excluding hydrogens is 617 g/mol. The SMILES string of the molecule is O=C(Nc1nc2cc3c(cc2s1)OCCO3)c1ccc(Oc2ccc(C(=O)Nc3nc4cc5c(cc4s3)OCCO5)cc2)cc1. The molecule has 11 nitrogen and oxygen atoms in total. The van der Waals surface area contributed by atoms with E-state index >= 15 is 0 Å². The normalized spacial score (nSPS) is 13.4.